The van der Waals surface area contributed by atoms with Crippen LogP contribution in [0.15, 0.2) is 47.4 Å². The highest BCUT2D eigenvalue weighted by atomic mass is 32.2. The summed E-state index contributed by atoms with van der Waals surface area (Å²) in [7, 11) is -3.51. The highest BCUT2D eigenvalue weighted by Crippen LogP contribution is 2.44. The fourth-order valence-electron chi connectivity index (χ4n) is 4.30. The Balaban J connectivity index is 1.86. The van der Waals surface area contributed by atoms with E-state index in [1.54, 1.807) is 0 Å². The molecule has 0 bridgehead atoms. The number of halogens is 4. The standard InChI is InChI=1S/C25H27F4N3O5S/c1-15(33)32-14-16-12-19(38(3,36)37)8-9-20(16)22(32)23(35)31-18-6-4-17(5-7-18)24(2,25(27,28)29)13-21(34)30-11-10-26/h4-9,12,22H,10-11,13-14H2,1-3H3,(H,30,34)(H,31,35). The van der Waals surface area contributed by atoms with Crippen LogP contribution in [0.4, 0.5) is 23.2 Å². The van der Waals surface area contributed by atoms with Gasteiger partial charge in [-0.25, -0.2) is 12.8 Å². The van der Waals surface area contributed by atoms with E-state index in [-0.39, 0.29) is 22.7 Å². The van der Waals surface area contributed by atoms with Gasteiger partial charge in [0.1, 0.15) is 12.7 Å². The van der Waals surface area contributed by atoms with Gasteiger partial charge in [0.05, 0.1) is 10.3 Å². The molecule has 3 rings (SSSR count). The predicted molar refractivity (Wildman–Crippen MR) is 131 cm³/mol. The third-order valence-electron chi connectivity index (χ3n) is 6.49. The molecule has 206 valence electrons. The average molecular weight is 558 g/mol. The molecule has 13 heteroatoms. The highest BCUT2D eigenvalue weighted by molar-refractivity contribution is 7.90. The van der Waals surface area contributed by atoms with Crippen LogP contribution in [-0.2, 0) is 36.2 Å². The molecular weight excluding hydrogens is 530 g/mol. The second kappa shape index (κ2) is 10.7. The molecule has 0 aliphatic carbocycles. The van der Waals surface area contributed by atoms with E-state index < -0.39 is 64.8 Å². The number of carbonyl (C=O) groups is 3. The van der Waals surface area contributed by atoms with Crippen molar-refractivity contribution >= 4 is 33.2 Å². The molecule has 1 aliphatic rings. The average Bonchev–Trinajstić information content (AvgIpc) is 3.21. The second-order valence-corrected chi connectivity index (χ2v) is 11.3. The molecule has 3 amide bonds. The van der Waals surface area contributed by atoms with Gasteiger partial charge < -0.3 is 15.5 Å². The van der Waals surface area contributed by atoms with Crippen molar-refractivity contribution in [3.8, 4) is 0 Å². The first-order chi connectivity index (χ1) is 17.6. The lowest BCUT2D eigenvalue weighted by Crippen LogP contribution is -2.44. The number of alkyl halides is 4. The molecule has 1 heterocycles. The van der Waals surface area contributed by atoms with Crippen LogP contribution in [0.3, 0.4) is 0 Å². The predicted octanol–water partition coefficient (Wildman–Crippen LogP) is 3.43. The topological polar surface area (TPSA) is 113 Å². The molecule has 0 spiro atoms. The summed E-state index contributed by atoms with van der Waals surface area (Å²) in [5.74, 6) is -2.02. The van der Waals surface area contributed by atoms with Gasteiger partial charge in [-0.05, 0) is 47.9 Å². The van der Waals surface area contributed by atoms with Crippen LogP contribution in [-0.4, -0.2) is 56.7 Å². The summed E-state index contributed by atoms with van der Waals surface area (Å²) in [6.07, 6.45) is -4.71. The molecule has 0 saturated heterocycles. The smallest absolute Gasteiger partial charge is 0.353 e. The van der Waals surface area contributed by atoms with Gasteiger partial charge in [0.2, 0.25) is 11.8 Å². The molecule has 2 N–H and O–H groups in total. The fraction of sp³-hybridized carbons (Fsp3) is 0.400. The van der Waals surface area contributed by atoms with Crippen LogP contribution in [0, 0.1) is 0 Å². The van der Waals surface area contributed by atoms with E-state index in [0.717, 1.165) is 25.3 Å². The summed E-state index contributed by atoms with van der Waals surface area (Å²) in [5.41, 5.74) is -1.72. The van der Waals surface area contributed by atoms with Gasteiger partial charge in [0.15, 0.2) is 9.84 Å². The van der Waals surface area contributed by atoms with E-state index in [9.17, 15) is 40.4 Å². The molecular formula is C25H27F4N3O5S. The molecule has 2 aromatic rings. The third kappa shape index (κ3) is 5.98. The molecule has 2 unspecified atom stereocenters. The van der Waals surface area contributed by atoms with Gasteiger partial charge in [0, 0.05) is 38.4 Å². The number of nitrogens with zero attached hydrogens (tertiary/aromatic N) is 1. The molecule has 0 radical (unpaired) electrons. The van der Waals surface area contributed by atoms with Crippen molar-refractivity contribution in [3.05, 3.63) is 59.2 Å². The lowest BCUT2D eigenvalue weighted by molar-refractivity contribution is -0.189. The van der Waals surface area contributed by atoms with E-state index in [1.807, 2.05) is 0 Å². The van der Waals surface area contributed by atoms with Gasteiger partial charge in [-0.1, -0.05) is 18.2 Å². The van der Waals surface area contributed by atoms with Gasteiger partial charge in [-0.3, -0.25) is 14.4 Å². The Morgan fingerprint density at radius 2 is 1.71 bits per heavy atom. The minimum Gasteiger partial charge on any atom is -0.353 e. The number of sulfone groups is 1. The molecule has 0 saturated carbocycles. The summed E-state index contributed by atoms with van der Waals surface area (Å²) in [5, 5.41) is 4.68. The number of carbonyl (C=O) groups excluding carboxylic acids is 3. The SMILES string of the molecule is CC(=O)N1Cc2cc(S(C)(=O)=O)ccc2C1C(=O)Nc1ccc(C(C)(CC(=O)NCCF)C(F)(F)F)cc1. The van der Waals surface area contributed by atoms with Crippen LogP contribution < -0.4 is 10.6 Å². The monoisotopic (exact) mass is 557 g/mol. The summed E-state index contributed by atoms with van der Waals surface area (Å²) >= 11 is 0. The third-order valence-corrected chi connectivity index (χ3v) is 7.60. The van der Waals surface area contributed by atoms with Crippen molar-refractivity contribution in [2.45, 2.75) is 49.3 Å². The molecule has 1 aliphatic heterocycles. The highest BCUT2D eigenvalue weighted by Gasteiger charge is 2.53. The van der Waals surface area contributed by atoms with Crippen molar-refractivity contribution in [1.82, 2.24) is 10.2 Å². The molecule has 2 aromatic carbocycles. The number of rotatable bonds is 8. The Labute approximate surface area is 217 Å². The van der Waals surface area contributed by atoms with Crippen LogP contribution in [0.2, 0.25) is 0 Å². The lowest BCUT2D eigenvalue weighted by Gasteiger charge is -2.32. The van der Waals surface area contributed by atoms with E-state index in [1.165, 1.54) is 42.2 Å². The minimum atomic E-state index is -4.80. The lowest BCUT2D eigenvalue weighted by atomic mass is 9.78. The summed E-state index contributed by atoms with van der Waals surface area (Å²) in [6.45, 7) is 0.837. The Morgan fingerprint density at radius 1 is 1.08 bits per heavy atom. The van der Waals surface area contributed by atoms with Crippen molar-refractivity contribution in [2.24, 2.45) is 0 Å². The van der Waals surface area contributed by atoms with Crippen molar-refractivity contribution < 1.29 is 40.4 Å². The maximum absolute atomic E-state index is 14.0. The number of benzene rings is 2. The maximum atomic E-state index is 14.0. The summed E-state index contributed by atoms with van der Waals surface area (Å²) in [6, 6.07) is 7.90. The Kier molecular flexibility index (Phi) is 8.20. The van der Waals surface area contributed by atoms with Gasteiger partial charge in [-0.15, -0.1) is 0 Å². The van der Waals surface area contributed by atoms with Crippen LogP contribution in [0.1, 0.15) is 43.0 Å². The van der Waals surface area contributed by atoms with Crippen LogP contribution in [0.25, 0.3) is 0 Å². The quantitative estimate of drug-likeness (QED) is 0.483. The van der Waals surface area contributed by atoms with Gasteiger partial charge in [0.25, 0.3) is 5.91 Å². The molecule has 0 fully saturated rings. The second-order valence-electron chi connectivity index (χ2n) is 9.29. The molecule has 8 nitrogen and oxygen atoms in total. The minimum absolute atomic E-state index is 0.0134. The van der Waals surface area contributed by atoms with E-state index in [0.29, 0.717) is 11.1 Å². The Hall–Kier alpha value is -3.48. The summed E-state index contributed by atoms with van der Waals surface area (Å²) in [4.78, 5) is 38.7. The maximum Gasteiger partial charge on any atom is 0.398 e. The van der Waals surface area contributed by atoms with Crippen LogP contribution in [0.5, 0.6) is 0 Å². The molecule has 0 aromatic heterocycles. The number of hydrogen-bond acceptors (Lipinski definition) is 5. The summed E-state index contributed by atoms with van der Waals surface area (Å²) < 4.78 is 78.0. The number of fused-ring (bicyclic) bond motifs is 1. The van der Waals surface area contributed by atoms with Crippen molar-refractivity contribution in [1.29, 1.82) is 0 Å². The van der Waals surface area contributed by atoms with E-state index in [2.05, 4.69) is 10.6 Å². The Bertz CT molecular complexity index is 1350. The first-order valence-corrected chi connectivity index (χ1v) is 13.4. The first-order valence-electron chi connectivity index (χ1n) is 11.5. The zero-order chi connectivity index (χ0) is 28.5. The van der Waals surface area contributed by atoms with E-state index >= 15 is 0 Å². The zero-order valence-electron chi connectivity index (χ0n) is 20.9. The number of anilines is 1. The van der Waals surface area contributed by atoms with Crippen LogP contribution >= 0.6 is 0 Å². The first kappa shape index (κ1) is 29.1. The molecule has 38 heavy (non-hydrogen) atoms. The molecule has 2 atom stereocenters. The zero-order valence-corrected chi connectivity index (χ0v) is 21.7. The van der Waals surface area contributed by atoms with Gasteiger partial charge in [-0.2, -0.15) is 13.2 Å². The van der Waals surface area contributed by atoms with Crippen molar-refractivity contribution in [3.63, 3.8) is 0 Å². The number of hydrogen-bond donors (Lipinski definition) is 2. The normalized spacial score (nSPS) is 16.9. The van der Waals surface area contributed by atoms with E-state index in [4.69, 9.17) is 0 Å². The largest absolute Gasteiger partial charge is 0.398 e. The Morgan fingerprint density at radius 3 is 2.24 bits per heavy atom. The van der Waals surface area contributed by atoms with Gasteiger partial charge >= 0.3 is 6.18 Å². The fourth-order valence-corrected chi connectivity index (χ4v) is 4.97. The van der Waals surface area contributed by atoms with Crippen molar-refractivity contribution in [2.75, 3.05) is 24.8 Å². The number of amides is 3. The number of nitrogens with one attached hydrogen (secondary N) is 2.